The lowest BCUT2D eigenvalue weighted by Crippen LogP contribution is -2.56. The highest BCUT2D eigenvalue weighted by Crippen LogP contribution is 2.53. The van der Waals surface area contributed by atoms with Crippen molar-refractivity contribution in [2.24, 2.45) is 5.41 Å². The van der Waals surface area contributed by atoms with Crippen molar-refractivity contribution in [2.75, 3.05) is 19.8 Å². The molecule has 0 fully saturated rings. The molecule has 0 aromatic heterocycles. The van der Waals surface area contributed by atoms with Gasteiger partial charge in [-0.1, -0.05) is 119 Å². The van der Waals surface area contributed by atoms with E-state index < -0.39 is 30.8 Å². The molecular formula is C34H54O4. The van der Waals surface area contributed by atoms with Gasteiger partial charge in [0, 0.05) is 0 Å². The average Bonchev–Trinajstić information content (AvgIpc) is 2.77. The van der Waals surface area contributed by atoms with Gasteiger partial charge < -0.3 is 20.4 Å². The number of benzene rings is 2. The molecule has 0 amide bonds. The molecule has 0 saturated heterocycles. The fraction of sp³-hybridized carbons (Fsp3) is 0.647. The summed E-state index contributed by atoms with van der Waals surface area (Å²) in [5.74, 6) is 0. The van der Waals surface area contributed by atoms with Gasteiger partial charge in [-0.2, -0.15) is 0 Å². The molecule has 2 rings (SSSR count). The van der Waals surface area contributed by atoms with E-state index in [2.05, 4.69) is 108 Å². The molecular weight excluding hydrogens is 472 g/mol. The Morgan fingerprint density at radius 3 is 1.24 bits per heavy atom. The van der Waals surface area contributed by atoms with E-state index in [0.29, 0.717) is 11.1 Å². The smallest absolute Gasteiger partial charge is 0.128 e. The predicted octanol–water partition coefficient (Wildman–Crippen LogP) is 6.38. The molecule has 4 N–H and O–H groups in total. The summed E-state index contributed by atoms with van der Waals surface area (Å²) in [6.45, 7) is 25.8. The van der Waals surface area contributed by atoms with Gasteiger partial charge in [0.25, 0.3) is 0 Å². The first-order chi connectivity index (χ1) is 17.0. The predicted molar refractivity (Wildman–Crippen MR) is 159 cm³/mol. The standard InChI is InChI=1S/C34H54O4/c1-22-16-26(31(8,9)10)28(27(17-22)32(11,12)13)34(38,33(19-35,20-36)21-37)24-15-14-23(29(2,3)4)18-25(24)30(5,6)7/h14-18,35-38H,19-21H2,1-13H3. The van der Waals surface area contributed by atoms with E-state index in [4.69, 9.17) is 0 Å². The van der Waals surface area contributed by atoms with Crippen LogP contribution in [0, 0.1) is 12.3 Å². The van der Waals surface area contributed by atoms with Crippen LogP contribution in [0.25, 0.3) is 0 Å². The summed E-state index contributed by atoms with van der Waals surface area (Å²) in [6.07, 6.45) is 0. The summed E-state index contributed by atoms with van der Waals surface area (Å²) in [6, 6.07) is 10.3. The van der Waals surface area contributed by atoms with Crippen LogP contribution in [0.2, 0.25) is 0 Å². The van der Waals surface area contributed by atoms with E-state index in [0.717, 1.165) is 27.8 Å². The lowest BCUT2D eigenvalue weighted by molar-refractivity contribution is -0.137. The maximum absolute atomic E-state index is 13.4. The Morgan fingerprint density at radius 1 is 0.526 bits per heavy atom. The summed E-state index contributed by atoms with van der Waals surface area (Å²) in [7, 11) is 0. The Bertz CT molecular complexity index is 1090. The summed E-state index contributed by atoms with van der Waals surface area (Å²) in [5.41, 5.74) is 1.50. The van der Waals surface area contributed by atoms with Gasteiger partial charge in [0.1, 0.15) is 5.60 Å². The molecule has 0 heterocycles. The van der Waals surface area contributed by atoms with Gasteiger partial charge in [0.05, 0.1) is 25.2 Å². The summed E-state index contributed by atoms with van der Waals surface area (Å²) >= 11 is 0. The fourth-order valence-electron chi connectivity index (χ4n) is 5.48. The van der Waals surface area contributed by atoms with Crippen LogP contribution in [0.15, 0.2) is 30.3 Å². The molecule has 2 aromatic carbocycles. The Labute approximate surface area is 232 Å². The monoisotopic (exact) mass is 526 g/mol. The molecule has 4 heteroatoms. The first-order valence-electron chi connectivity index (χ1n) is 13.9. The van der Waals surface area contributed by atoms with Gasteiger partial charge in [0.2, 0.25) is 0 Å². The van der Waals surface area contributed by atoms with E-state index in [9.17, 15) is 20.4 Å². The Kier molecular flexibility index (Phi) is 8.85. The van der Waals surface area contributed by atoms with Crippen LogP contribution in [0.1, 0.15) is 122 Å². The van der Waals surface area contributed by atoms with E-state index in [1.165, 1.54) is 0 Å². The first kappa shape index (κ1) is 32.5. The van der Waals surface area contributed by atoms with Crippen molar-refractivity contribution in [3.05, 3.63) is 69.3 Å². The van der Waals surface area contributed by atoms with E-state index in [1.807, 2.05) is 12.1 Å². The number of hydrogen-bond acceptors (Lipinski definition) is 4. The zero-order valence-corrected chi connectivity index (χ0v) is 26.3. The minimum absolute atomic E-state index is 0.115. The molecule has 1 atom stereocenters. The molecule has 0 aliphatic heterocycles. The lowest BCUT2D eigenvalue weighted by Gasteiger charge is -2.50. The lowest BCUT2D eigenvalue weighted by atomic mass is 9.58. The SMILES string of the molecule is Cc1cc(C(C)(C)C)c(C(O)(c2ccc(C(C)(C)C)cc2C(C)(C)C)C(CO)(CO)CO)c(C(C)(C)C)c1. The Balaban J connectivity index is 3.38. The van der Waals surface area contributed by atoms with Crippen molar-refractivity contribution >= 4 is 0 Å². The minimum atomic E-state index is -1.90. The van der Waals surface area contributed by atoms with Crippen LogP contribution < -0.4 is 0 Å². The molecule has 4 nitrogen and oxygen atoms in total. The average molecular weight is 527 g/mol. The molecule has 0 aliphatic carbocycles. The molecule has 0 radical (unpaired) electrons. The highest BCUT2D eigenvalue weighted by Gasteiger charge is 2.56. The van der Waals surface area contributed by atoms with Crippen LogP contribution in [0.5, 0.6) is 0 Å². The van der Waals surface area contributed by atoms with Gasteiger partial charge in [-0.25, -0.2) is 0 Å². The van der Waals surface area contributed by atoms with Crippen molar-refractivity contribution in [2.45, 2.75) is 117 Å². The van der Waals surface area contributed by atoms with Gasteiger partial charge in [0.15, 0.2) is 0 Å². The van der Waals surface area contributed by atoms with Gasteiger partial charge in [-0.05, 0) is 62.0 Å². The van der Waals surface area contributed by atoms with Crippen molar-refractivity contribution in [3.63, 3.8) is 0 Å². The third-order valence-corrected chi connectivity index (χ3v) is 8.02. The number of aryl methyl sites for hydroxylation is 1. The Morgan fingerprint density at radius 2 is 0.921 bits per heavy atom. The molecule has 1 unspecified atom stereocenters. The highest BCUT2D eigenvalue weighted by molar-refractivity contribution is 5.57. The van der Waals surface area contributed by atoms with Crippen molar-refractivity contribution < 1.29 is 20.4 Å². The van der Waals surface area contributed by atoms with Gasteiger partial charge in [-0.3, -0.25) is 0 Å². The molecule has 38 heavy (non-hydrogen) atoms. The second-order valence-corrected chi connectivity index (χ2v) is 15.5. The third kappa shape index (κ3) is 5.75. The van der Waals surface area contributed by atoms with E-state index in [-0.39, 0.29) is 21.7 Å². The molecule has 0 bridgehead atoms. The topological polar surface area (TPSA) is 80.9 Å². The second-order valence-electron chi connectivity index (χ2n) is 15.5. The van der Waals surface area contributed by atoms with Crippen molar-refractivity contribution in [1.29, 1.82) is 0 Å². The summed E-state index contributed by atoms with van der Waals surface area (Å²) in [4.78, 5) is 0. The van der Waals surface area contributed by atoms with Crippen LogP contribution in [-0.2, 0) is 27.3 Å². The maximum Gasteiger partial charge on any atom is 0.128 e. The summed E-state index contributed by atoms with van der Waals surface area (Å²) in [5, 5.41) is 46.0. The van der Waals surface area contributed by atoms with Crippen LogP contribution in [0.3, 0.4) is 0 Å². The number of rotatable bonds is 6. The molecule has 0 spiro atoms. The molecule has 0 aliphatic rings. The van der Waals surface area contributed by atoms with Crippen LogP contribution >= 0.6 is 0 Å². The number of aliphatic hydroxyl groups excluding tert-OH is 3. The van der Waals surface area contributed by atoms with E-state index in [1.54, 1.807) is 0 Å². The van der Waals surface area contributed by atoms with Crippen LogP contribution in [0.4, 0.5) is 0 Å². The summed E-state index contributed by atoms with van der Waals surface area (Å²) < 4.78 is 0. The number of aliphatic hydroxyl groups is 4. The third-order valence-electron chi connectivity index (χ3n) is 8.02. The first-order valence-corrected chi connectivity index (χ1v) is 13.9. The second kappa shape index (κ2) is 10.4. The molecule has 214 valence electrons. The van der Waals surface area contributed by atoms with Crippen molar-refractivity contribution in [3.8, 4) is 0 Å². The maximum atomic E-state index is 13.4. The van der Waals surface area contributed by atoms with Crippen LogP contribution in [-0.4, -0.2) is 40.2 Å². The molecule has 0 saturated carbocycles. The van der Waals surface area contributed by atoms with Gasteiger partial charge >= 0.3 is 0 Å². The fourth-order valence-corrected chi connectivity index (χ4v) is 5.48. The zero-order valence-electron chi connectivity index (χ0n) is 26.3. The normalized spacial score (nSPS) is 15.5. The van der Waals surface area contributed by atoms with Gasteiger partial charge in [-0.15, -0.1) is 0 Å². The minimum Gasteiger partial charge on any atom is -0.395 e. The highest BCUT2D eigenvalue weighted by atomic mass is 16.3. The van der Waals surface area contributed by atoms with Crippen molar-refractivity contribution in [1.82, 2.24) is 0 Å². The van der Waals surface area contributed by atoms with E-state index >= 15 is 0 Å². The quantitative estimate of drug-likeness (QED) is 0.352. The number of hydrogen-bond donors (Lipinski definition) is 4. The molecule has 2 aromatic rings. The largest absolute Gasteiger partial charge is 0.395 e. The zero-order chi connectivity index (χ0) is 29.7. The Hall–Kier alpha value is -1.72.